The zero-order valence-corrected chi connectivity index (χ0v) is 10.2. The van der Waals surface area contributed by atoms with Gasteiger partial charge in [0.25, 0.3) is 0 Å². The molecule has 1 rings (SSSR count). The van der Waals surface area contributed by atoms with Gasteiger partial charge in [-0.25, -0.2) is 4.98 Å². The van der Waals surface area contributed by atoms with Crippen molar-refractivity contribution in [3.63, 3.8) is 0 Å². The number of rotatable bonds is 5. The molecule has 0 aliphatic carbocycles. The van der Waals surface area contributed by atoms with Crippen molar-refractivity contribution in [3.05, 3.63) is 15.6 Å². The molecule has 0 bridgehead atoms. The predicted molar refractivity (Wildman–Crippen MR) is 63.3 cm³/mol. The molecule has 1 N–H and O–H groups in total. The van der Waals surface area contributed by atoms with Crippen LogP contribution in [0, 0.1) is 26.2 Å². The third kappa shape index (κ3) is 3.65. The van der Waals surface area contributed by atoms with E-state index in [-0.39, 0.29) is 6.54 Å². The zero-order chi connectivity index (χ0) is 12.1. The van der Waals surface area contributed by atoms with Crippen LogP contribution in [0.4, 0.5) is 0 Å². The first-order chi connectivity index (χ1) is 7.52. The maximum Gasteiger partial charge on any atom is 0.317 e. The van der Waals surface area contributed by atoms with Crippen LogP contribution in [0.1, 0.15) is 15.6 Å². The fraction of sp³-hybridized carbons (Fsp3) is 0.455. The van der Waals surface area contributed by atoms with Gasteiger partial charge in [0.2, 0.25) is 0 Å². The molecule has 86 valence electrons. The Kier molecular flexibility index (Phi) is 4.47. The number of carboxylic acids is 1. The standard InChI is InChI=1S/C11H14N2O2S/c1-4-5-13(7-11(14)15)6-10-8(2)12-9(3)16-10/h1H,5-7H2,2-3H3,(H,14,15). The lowest BCUT2D eigenvalue weighted by molar-refractivity contribution is -0.138. The summed E-state index contributed by atoms with van der Waals surface area (Å²) in [7, 11) is 0. The molecular weight excluding hydrogens is 224 g/mol. The second-order valence-electron chi connectivity index (χ2n) is 3.48. The average Bonchev–Trinajstić information content (AvgIpc) is 2.44. The number of nitrogens with zero attached hydrogens (tertiary/aromatic N) is 2. The lowest BCUT2D eigenvalue weighted by Gasteiger charge is -2.16. The Morgan fingerprint density at radius 1 is 1.62 bits per heavy atom. The molecule has 0 amide bonds. The number of aliphatic carboxylic acids is 1. The molecule has 0 atom stereocenters. The van der Waals surface area contributed by atoms with E-state index in [1.165, 1.54) is 0 Å². The number of thiazole rings is 1. The van der Waals surface area contributed by atoms with E-state index in [9.17, 15) is 4.79 Å². The summed E-state index contributed by atoms with van der Waals surface area (Å²) in [5.74, 6) is 1.60. The quantitative estimate of drug-likeness (QED) is 0.785. The molecule has 0 aliphatic rings. The highest BCUT2D eigenvalue weighted by Crippen LogP contribution is 2.18. The van der Waals surface area contributed by atoms with Gasteiger partial charge in [0.05, 0.1) is 23.8 Å². The van der Waals surface area contributed by atoms with E-state index in [0.29, 0.717) is 13.1 Å². The average molecular weight is 238 g/mol. The molecule has 0 fully saturated rings. The summed E-state index contributed by atoms with van der Waals surface area (Å²) in [6.45, 7) is 4.70. The molecule has 1 aromatic rings. The Hall–Kier alpha value is -1.38. The van der Waals surface area contributed by atoms with Gasteiger partial charge < -0.3 is 5.11 Å². The number of carboxylic acid groups (broad SMARTS) is 1. The summed E-state index contributed by atoms with van der Waals surface area (Å²) in [5, 5.41) is 9.73. The third-order valence-corrected chi connectivity index (χ3v) is 3.10. The van der Waals surface area contributed by atoms with Crippen molar-refractivity contribution in [3.8, 4) is 12.3 Å². The molecule has 0 spiro atoms. The minimum atomic E-state index is -0.867. The lowest BCUT2D eigenvalue weighted by atomic mass is 10.3. The van der Waals surface area contributed by atoms with Crippen molar-refractivity contribution in [1.82, 2.24) is 9.88 Å². The van der Waals surface area contributed by atoms with E-state index >= 15 is 0 Å². The zero-order valence-electron chi connectivity index (χ0n) is 9.36. The van der Waals surface area contributed by atoms with Crippen LogP contribution in [0.3, 0.4) is 0 Å². The topological polar surface area (TPSA) is 53.4 Å². The molecule has 0 saturated heterocycles. The third-order valence-electron chi connectivity index (χ3n) is 2.04. The molecular formula is C11H14N2O2S. The first-order valence-corrected chi connectivity index (χ1v) is 5.65. The van der Waals surface area contributed by atoms with Crippen LogP contribution in [0.2, 0.25) is 0 Å². The number of aryl methyl sites for hydroxylation is 2. The van der Waals surface area contributed by atoms with Crippen molar-refractivity contribution < 1.29 is 9.90 Å². The van der Waals surface area contributed by atoms with Crippen LogP contribution < -0.4 is 0 Å². The number of hydrogen-bond donors (Lipinski definition) is 1. The molecule has 1 heterocycles. The van der Waals surface area contributed by atoms with Crippen LogP contribution in [0.25, 0.3) is 0 Å². The van der Waals surface area contributed by atoms with E-state index in [4.69, 9.17) is 11.5 Å². The van der Waals surface area contributed by atoms with Gasteiger partial charge in [0.15, 0.2) is 0 Å². The van der Waals surface area contributed by atoms with E-state index in [1.54, 1.807) is 16.2 Å². The molecule has 0 unspecified atom stereocenters. The van der Waals surface area contributed by atoms with Crippen LogP contribution in [0.5, 0.6) is 0 Å². The highest BCUT2D eigenvalue weighted by atomic mass is 32.1. The molecule has 0 radical (unpaired) electrons. The van der Waals surface area contributed by atoms with Crippen molar-refractivity contribution in [1.29, 1.82) is 0 Å². The number of terminal acetylenes is 1. The second kappa shape index (κ2) is 5.64. The largest absolute Gasteiger partial charge is 0.480 e. The van der Waals surface area contributed by atoms with Gasteiger partial charge in [0.1, 0.15) is 0 Å². The van der Waals surface area contributed by atoms with E-state index in [1.807, 2.05) is 13.8 Å². The van der Waals surface area contributed by atoms with Crippen LogP contribution >= 0.6 is 11.3 Å². The summed E-state index contributed by atoms with van der Waals surface area (Å²) in [6.07, 6.45) is 5.21. The Labute approximate surface area is 98.9 Å². The van der Waals surface area contributed by atoms with Gasteiger partial charge in [-0.15, -0.1) is 17.8 Å². The molecule has 1 aromatic heterocycles. The van der Waals surface area contributed by atoms with Crippen LogP contribution in [-0.4, -0.2) is 34.0 Å². The van der Waals surface area contributed by atoms with Gasteiger partial charge in [-0.05, 0) is 13.8 Å². The number of carbonyl (C=O) groups is 1. The summed E-state index contributed by atoms with van der Waals surface area (Å²) in [4.78, 5) is 17.7. The first-order valence-electron chi connectivity index (χ1n) is 4.83. The monoisotopic (exact) mass is 238 g/mol. The SMILES string of the molecule is C#CCN(CC(=O)O)Cc1sc(C)nc1C. The summed E-state index contributed by atoms with van der Waals surface area (Å²) >= 11 is 1.58. The Balaban J connectivity index is 2.71. The van der Waals surface area contributed by atoms with Gasteiger partial charge in [-0.2, -0.15) is 0 Å². The minimum Gasteiger partial charge on any atom is -0.480 e. The molecule has 16 heavy (non-hydrogen) atoms. The van der Waals surface area contributed by atoms with E-state index in [0.717, 1.165) is 15.6 Å². The highest BCUT2D eigenvalue weighted by Gasteiger charge is 2.12. The van der Waals surface area contributed by atoms with E-state index in [2.05, 4.69) is 10.9 Å². The summed E-state index contributed by atoms with van der Waals surface area (Å²) in [5.41, 5.74) is 0.954. The Morgan fingerprint density at radius 3 is 2.75 bits per heavy atom. The second-order valence-corrected chi connectivity index (χ2v) is 4.77. The summed E-state index contributed by atoms with van der Waals surface area (Å²) in [6, 6.07) is 0. The fourth-order valence-electron chi connectivity index (χ4n) is 1.41. The predicted octanol–water partition coefficient (Wildman–Crippen LogP) is 1.28. The summed E-state index contributed by atoms with van der Waals surface area (Å²) < 4.78 is 0. The minimum absolute atomic E-state index is 0.0411. The molecule has 0 saturated carbocycles. The number of hydrogen-bond acceptors (Lipinski definition) is 4. The maximum absolute atomic E-state index is 10.6. The van der Waals surface area contributed by atoms with Crippen molar-refractivity contribution in [2.45, 2.75) is 20.4 Å². The number of aromatic nitrogens is 1. The van der Waals surface area contributed by atoms with Gasteiger partial charge >= 0.3 is 5.97 Å². The van der Waals surface area contributed by atoms with Gasteiger partial charge in [0, 0.05) is 11.4 Å². The van der Waals surface area contributed by atoms with Crippen LogP contribution in [0.15, 0.2) is 0 Å². The molecule has 5 heteroatoms. The molecule has 0 aromatic carbocycles. The lowest BCUT2D eigenvalue weighted by Crippen LogP contribution is -2.29. The van der Waals surface area contributed by atoms with Gasteiger partial charge in [-0.1, -0.05) is 5.92 Å². The maximum atomic E-state index is 10.6. The fourth-order valence-corrected chi connectivity index (χ4v) is 2.39. The van der Waals surface area contributed by atoms with Crippen LogP contribution in [-0.2, 0) is 11.3 Å². The van der Waals surface area contributed by atoms with Crippen molar-refractivity contribution >= 4 is 17.3 Å². The Bertz CT molecular complexity index is 420. The smallest absolute Gasteiger partial charge is 0.317 e. The normalized spacial score (nSPS) is 10.4. The van der Waals surface area contributed by atoms with E-state index < -0.39 is 5.97 Å². The van der Waals surface area contributed by atoms with Crippen molar-refractivity contribution in [2.24, 2.45) is 0 Å². The molecule has 0 aliphatic heterocycles. The Morgan fingerprint density at radius 2 is 2.31 bits per heavy atom. The highest BCUT2D eigenvalue weighted by molar-refractivity contribution is 7.11. The molecule has 4 nitrogen and oxygen atoms in total. The first kappa shape index (κ1) is 12.7. The van der Waals surface area contributed by atoms with Crippen molar-refractivity contribution in [2.75, 3.05) is 13.1 Å². The van der Waals surface area contributed by atoms with Gasteiger partial charge in [-0.3, -0.25) is 9.69 Å².